The molecule has 0 N–H and O–H groups in total. The Morgan fingerprint density at radius 1 is 1.20 bits per heavy atom. The van der Waals surface area contributed by atoms with Crippen LogP contribution in [0.2, 0.25) is 0 Å². The maximum absolute atomic E-state index is 5.93. The number of hydrogen-bond donors (Lipinski definition) is 0. The second kappa shape index (κ2) is 6.91. The van der Waals surface area contributed by atoms with E-state index in [0.717, 1.165) is 29.2 Å². The fourth-order valence-electron chi connectivity index (χ4n) is 3.32. The summed E-state index contributed by atoms with van der Waals surface area (Å²) in [6, 6.07) is 14.9. The monoisotopic (exact) mass is 337 g/mol. The van der Waals surface area contributed by atoms with Gasteiger partial charge in [-0.15, -0.1) is 0 Å². The SMILES string of the molecule is COc1cc(C2=NC(C)(C)CO2)c(C(C)Cc2ccccc2)cc1C. The molecule has 1 aliphatic rings. The Morgan fingerprint density at radius 3 is 2.52 bits per heavy atom. The molecule has 0 fully saturated rings. The lowest BCUT2D eigenvalue weighted by Gasteiger charge is -2.19. The van der Waals surface area contributed by atoms with Crippen LogP contribution in [-0.2, 0) is 11.2 Å². The van der Waals surface area contributed by atoms with Crippen LogP contribution in [0.3, 0.4) is 0 Å². The molecular formula is C22H27NO2. The van der Waals surface area contributed by atoms with Crippen molar-refractivity contribution < 1.29 is 9.47 Å². The summed E-state index contributed by atoms with van der Waals surface area (Å²) in [7, 11) is 1.71. The van der Waals surface area contributed by atoms with Crippen molar-refractivity contribution in [2.45, 2.75) is 45.6 Å². The van der Waals surface area contributed by atoms with E-state index >= 15 is 0 Å². The Hall–Kier alpha value is -2.29. The highest BCUT2D eigenvalue weighted by Crippen LogP contribution is 2.33. The van der Waals surface area contributed by atoms with E-state index in [0.29, 0.717) is 12.5 Å². The topological polar surface area (TPSA) is 30.8 Å². The first-order chi connectivity index (χ1) is 11.9. The van der Waals surface area contributed by atoms with E-state index in [9.17, 15) is 0 Å². The zero-order chi connectivity index (χ0) is 18.0. The van der Waals surface area contributed by atoms with Gasteiger partial charge in [-0.25, -0.2) is 4.99 Å². The fraction of sp³-hybridized carbons (Fsp3) is 0.409. The van der Waals surface area contributed by atoms with Crippen molar-refractivity contribution in [3.05, 3.63) is 64.7 Å². The molecule has 1 unspecified atom stereocenters. The highest BCUT2D eigenvalue weighted by molar-refractivity contribution is 5.97. The number of nitrogens with zero attached hydrogens (tertiary/aromatic N) is 1. The minimum absolute atomic E-state index is 0.173. The average Bonchev–Trinajstić information content (AvgIpc) is 2.95. The summed E-state index contributed by atoms with van der Waals surface area (Å²) in [4.78, 5) is 4.78. The van der Waals surface area contributed by atoms with Crippen molar-refractivity contribution in [1.29, 1.82) is 0 Å². The quantitative estimate of drug-likeness (QED) is 0.776. The molecule has 0 saturated carbocycles. The van der Waals surface area contributed by atoms with Crippen molar-refractivity contribution in [3.63, 3.8) is 0 Å². The third kappa shape index (κ3) is 3.87. The van der Waals surface area contributed by atoms with Crippen molar-refractivity contribution in [1.82, 2.24) is 0 Å². The maximum Gasteiger partial charge on any atom is 0.217 e. The van der Waals surface area contributed by atoms with Gasteiger partial charge in [0.2, 0.25) is 5.90 Å². The molecule has 25 heavy (non-hydrogen) atoms. The van der Waals surface area contributed by atoms with Gasteiger partial charge in [-0.2, -0.15) is 0 Å². The molecule has 2 aromatic carbocycles. The first-order valence-electron chi connectivity index (χ1n) is 8.85. The Bertz CT molecular complexity index is 778. The maximum atomic E-state index is 5.93. The smallest absolute Gasteiger partial charge is 0.217 e. The molecule has 0 bridgehead atoms. The second-order valence-electron chi connectivity index (χ2n) is 7.52. The predicted octanol–water partition coefficient (Wildman–Crippen LogP) is 4.91. The van der Waals surface area contributed by atoms with E-state index in [1.807, 2.05) is 0 Å². The van der Waals surface area contributed by atoms with Gasteiger partial charge in [-0.05, 0) is 55.9 Å². The lowest BCUT2D eigenvalue weighted by molar-refractivity contribution is 0.279. The molecule has 0 saturated heterocycles. The molecule has 3 heteroatoms. The van der Waals surface area contributed by atoms with E-state index in [1.165, 1.54) is 11.1 Å². The van der Waals surface area contributed by atoms with E-state index in [4.69, 9.17) is 14.5 Å². The number of methoxy groups -OCH3 is 1. The van der Waals surface area contributed by atoms with E-state index < -0.39 is 0 Å². The highest BCUT2D eigenvalue weighted by Gasteiger charge is 2.29. The number of ether oxygens (including phenoxy) is 2. The van der Waals surface area contributed by atoms with Crippen LogP contribution >= 0.6 is 0 Å². The van der Waals surface area contributed by atoms with Crippen molar-refractivity contribution in [2.75, 3.05) is 13.7 Å². The van der Waals surface area contributed by atoms with Gasteiger partial charge >= 0.3 is 0 Å². The molecule has 1 atom stereocenters. The Balaban J connectivity index is 2.01. The molecule has 132 valence electrons. The molecule has 0 radical (unpaired) electrons. The Labute approximate surface area is 150 Å². The molecule has 2 aromatic rings. The number of hydrogen-bond acceptors (Lipinski definition) is 3. The summed E-state index contributed by atoms with van der Waals surface area (Å²) in [5.74, 6) is 1.97. The van der Waals surface area contributed by atoms with Crippen molar-refractivity contribution in [3.8, 4) is 5.75 Å². The van der Waals surface area contributed by atoms with Gasteiger partial charge < -0.3 is 9.47 Å². The summed E-state index contributed by atoms with van der Waals surface area (Å²) in [6.07, 6.45) is 0.982. The number of aliphatic imine (C=N–C) groups is 1. The third-order valence-corrected chi connectivity index (χ3v) is 4.68. The van der Waals surface area contributed by atoms with Gasteiger partial charge in [-0.1, -0.05) is 43.3 Å². The first kappa shape index (κ1) is 17.5. The molecular weight excluding hydrogens is 310 g/mol. The van der Waals surface area contributed by atoms with Crippen LogP contribution in [0.15, 0.2) is 47.5 Å². The summed E-state index contributed by atoms with van der Waals surface area (Å²) in [6.45, 7) is 9.16. The number of benzene rings is 2. The highest BCUT2D eigenvalue weighted by atomic mass is 16.5. The van der Waals surface area contributed by atoms with Crippen LogP contribution in [-0.4, -0.2) is 25.2 Å². The van der Waals surface area contributed by atoms with E-state index in [1.54, 1.807) is 7.11 Å². The summed E-state index contributed by atoms with van der Waals surface area (Å²) >= 11 is 0. The van der Waals surface area contributed by atoms with Crippen LogP contribution in [0.25, 0.3) is 0 Å². The largest absolute Gasteiger partial charge is 0.496 e. The van der Waals surface area contributed by atoms with Gasteiger partial charge in [-0.3, -0.25) is 0 Å². The minimum Gasteiger partial charge on any atom is -0.496 e. The van der Waals surface area contributed by atoms with Gasteiger partial charge in [0.15, 0.2) is 0 Å². The van der Waals surface area contributed by atoms with Gasteiger partial charge in [0.1, 0.15) is 12.4 Å². The molecule has 1 heterocycles. The summed E-state index contributed by atoms with van der Waals surface area (Å²) in [5.41, 5.74) is 4.62. The second-order valence-corrected chi connectivity index (χ2v) is 7.52. The van der Waals surface area contributed by atoms with Crippen LogP contribution in [0, 0.1) is 6.92 Å². The zero-order valence-electron chi connectivity index (χ0n) is 15.8. The minimum atomic E-state index is -0.173. The fourth-order valence-corrected chi connectivity index (χ4v) is 3.32. The van der Waals surface area contributed by atoms with E-state index in [-0.39, 0.29) is 5.54 Å². The third-order valence-electron chi connectivity index (χ3n) is 4.68. The van der Waals surface area contributed by atoms with Gasteiger partial charge in [0.05, 0.1) is 12.6 Å². The lowest BCUT2D eigenvalue weighted by Crippen LogP contribution is -2.17. The molecule has 0 amide bonds. The first-order valence-corrected chi connectivity index (χ1v) is 8.85. The average molecular weight is 337 g/mol. The number of rotatable bonds is 5. The normalized spacial score (nSPS) is 16.9. The van der Waals surface area contributed by atoms with Gasteiger partial charge in [0.25, 0.3) is 0 Å². The predicted molar refractivity (Wildman–Crippen MR) is 103 cm³/mol. The Morgan fingerprint density at radius 2 is 1.92 bits per heavy atom. The van der Waals surface area contributed by atoms with Crippen LogP contribution in [0.4, 0.5) is 0 Å². The molecule has 0 aliphatic carbocycles. The number of aryl methyl sites for hydroxylation is 1. The van der Waals surface area contributed by atoms with E-state index in [2.05, 4.69) is 70.2 Å². The summed E-state index contributed by atoms with van der Waals surface area (Å²) < 4.78 is 11.5. The standard InChI is InChI=1S/C22H27NO2/c1-15(11-17-9-7-6-8-10-17)18-12-16(2)20(24-5)13-19(18)21-23-22(3,4)14-25-21/h6-10,12-13,15H,11,14H2,1-5H3. The lowest BCUT2D eigenvalue weighted by atomic mass is 9.88. The Kier molecular flexibility index (Phi) is 4.85. The molecule has 0 spiro atoms. The molecule has 3 rings (SSSR count). The van der Waals surface area contributed by atoms with Crippen LogP contribution in [0.5, 0.6) is 5.75 Å². The molecule has 1 aliphatic heterocycles. The zero-order valence-corrected chi connectivity index (χ0v) is 15.8. The van der Waals surface area contributed by atoms with Crippen molar-refractivity contribution >= 4 is 5.90 Å². The van der Waals surface area contributed by atoms with Crippen molar-refractivity contribution in [2.24, 2.45) is 4.99 Å². The van der Waals surface area contributed by atoms with Crippen LogP contribution in [0.1, 0.15) is 48.9 Å². The van der Waals surface area contributed by atoms with Crippen LogP contribution < -0.4 is 4.74 Å². The molecule has 0 aromatic heterocycles. The molecule has 3 nitrogen and oxygen atoms in total. The van der Waals surface area contributed by atoms with Gasteiger partial charge in [0, 0.05) is 5.56 Å². The summed E-state index contributed by atoms with van der Waals surface area (Å²) in [5, 5.41) is 0.